The molecule has 0 aromatic heterocycles. The third kappa shape index (κ3) is 0.331. The zero-order chi connectivity index (χ0) is 5.72. The Labute approximate surface area is 50.6 Å². The van der Waals surface area contributed by atoms with Crippen molar-refractivity contribution < 1.29 is 0 Å². The Morgan fingerprint density at radius 3 is 2.25 bits per heavy atom. The van der Waals surface area contributed by atoms with Crippen molar-refractivity contribution >= 4 is 0 Å². The van der Waals surface area contributed by atoms with Crippen molar-refractivity contribution in [3.63, 3.8) is 0 Å². The third-order valence-corrected chi connectivity index (χ3v) is 2.75. The van der Waals surface area contributed by atoms with Gasteiger partial charge in [0.15, 0.2) is 0 Å². The molecule has 0 spiro atoms. The molecule has 0 aliphatic heterocycles. The lowest BCUT2D eigenvalue weighted by Crippen LogP contribution is -2.34. The van der Waals surface area contributed by atoms with Gasteiger partial charge in [-0.2, -0.15) is 0 Å². The monoisotopic (exact) mass is 108 g/mol. The van der Waals surface area contributed by atoms with Gasteiger partial charge in [-0.1, -0.05) is 18.1 Å². The van der Waals surface area contributed by atoms with Crippen molar-refractivity contribution in [3.05, 3.63) is 11.1 Å². The van der Waals surface area contributed by atoms with E-state index in [-0.39, 0.29) is 0 Å². The molecule has 2 unspecified atom stereocenters. The highest BCUT2D eigenvalue weighted by atomic mass is 14.4. The molecule has 0 bridgehead atoms. The first kappa shape index (κ1) is 4.60. The lowest BCUT2D eigenvalue weighted by molar-refractivity contribution is 0.251. The van der Waals surface area contributed by atoms with E-state index >= 15 is 0 Å². The fourth-order valence-corrected chi connectivity index (χ4v) is 1.97. The highest BCUT2D eigenvalue weighted by molar-refractivity contribution is 5.34. The van der Waals surface area contributed by atoms with Gasteiger partial charge < -0.3 is 0 Å². The van der Waals surface area contributed by atoms with E-state index < -0.39 is 0 Å². The third-order valence-electron chi connectivity index (χ3n) is 2.75. The zero-order valence-corrected chi connectivity index (χ0v) is 5.57. The molecule has 2 aliphatic carbocycles. The van der Waals surface area contributed by atoms with Gasteiger partial charge in [0.25, 0.3) is 0 Å². The Morgan fingerprint density at radius 1 is 1.38 bits per heavy atom. The van der Waals surface area contributed by atoms with Gasteiger partial charge in [0.1, 0.15) is 0 Å². The van der Waals surface area contributed by atoms with Crippen molar-refractivity contribution in [2.75, 3.05) is 0 Å². The summed E-state index contributed by atoms with van der Waals surface area (Å²) in [5.74, 6) is 2.06. The minimum absolute atomic E-state index is 1.02. The van der Waals surface area contributed by atoms with Crippen molar-refractivity contribution in [1.29, 1.82) is 0 Å². The maximum atomic E-state index is 2.36. The molecule has 2 aliphatic rings. The van der Waals surface area contributed by atoms with Crippen LogP contribution in [0.2, 0.25) is 0 Å². The molecule has 0 saturated heterocycles. The van der Waals surface area contributed by atoms with Crippen LogP contribution < -0.4 is 0 Å². The molecular formula is C8H12. The number of allylic oxidation sites excluding steroid dienone is 2. The molecule has 2 rings (SSSR count). The van der Waals surface area contributed by atoms with Crippen LogP contribution in [0.5, 0.6) is 0 Å². The van der Waals surface area contributed by atoms with Crippen LogP contribution in [-0.2, 0) is 0 Å². The van der Waals surface area contributed by atoms with Gasteiger partial charge in [0, 0.05) is 0 Å². The quantitative estimate of drug-likeness (QED) is 0.418. The first-order valence-electron chi connectivity index (χ1n) is 3.47. The Bertz CT molecular complexity index is 153. The maximum absolute atomic E-state index is 2.36. The van der Waals surface area contributed by atoms with Crippen LogP contribution in [0.1, 0.15) is 26.7 Å². The summed E-state index contributed by atoms with van der Waals surface area (Å²) >= 11 is 0. The number of hydrogen-bond acceptors (Lipinski definition) is 0. The number of fused-ring (bicyclic) bond motifs is 1. The van der Waals surface area contributed by atoms with E-state index in [0.717, 1.165) is 11.8 Å². The van der Waals surface area contributed by atoms with Gasteiger partial charge in [-0.3, -0.25) is 0 Å². The topological polar surface area (TPSA) is 0 Å². The molecule has 1 fully saturated rings. The van der Waals surface area contributed by atoms with Crippen LogP contribution in [0.15, 0.2) is 11.1 Å². The number of hydrogen-bond donors (Lipinski definition) is 0. The summed E-state index contributed by atoms with van der Waals surface area (Å²) in [6.45, 7) is 4.64. The van der Waals surface area contributed by atoms with Gasteiger partial charge >= 0.3 is 0 Å². The predicted molar refractivity (Wildman–Crippen MR) is 34.6 cm³/mol. The van der Waals surface area contributed by atoms with Crippen LogP contribution in [-0.4, -0.2) is 0 Å². The lowest BCUT2D eigenvalue weighted by atomic mass is 9.58. The van der Waals surface area contributed by atoms with E-state index in [2.05, 4.69) is 13.8 Å². The zero-order valence-electron chi connectivity index (χ0n) is 5.57. The molecule has 0 amide bonds. The molecule has 0 aromatic rings. The average molecular weight is 108 g/mol. The van der Waals surface area contributed by atoms with E-state index in [9.17, 15) is 0 Å². The Morgan fingerprint density at radius 2 is 2.12 bits per heavy atom. The minimum Gasteiger partial charge on any atom is -0.0732 e. The highest BCUT2D eigenvalue weighted by Crippen LogP contribution is 2.52. The maximum Gasteiger partial charge on any atom is -0.0135 e. The summed E-state index contributed by atoms with van der Waals surface area (Å²) in [7, 11) is 0. The van der Waals surface area contributed by atoms with E-state index in [1.165, 1.54) is 12.8 Å². The van der Waals surface area contributed by atoms with Crippen LogP contribution in [0, 0.1) is 11.8 Å². The molecule has 0 heterocycles. The molecule has 1 saturated carbocycles. The summed E-state index contributed by atoms with van der Waals surface area (Å²) < 4.78 is 0. The Kier molecular flexibility index (Phi) is 0.677. The fourth-order valence-electron chi connectivity index (χ4n) is 1.97. The van der Waals surface area contributed by atoms with Crippen molar-refractivity contribution in [1.82, 2.24) is 0 Å². The lowest BCUT2D eigenvalue weighted by Gasteiger charge is -2.47. The second-order valence-electron chi connectivity index (χ2n) is 3.30. The van der Waals surface area contributed by atoms with Gasteiger partial charge in [-0.25, -0.2) is 0 Å². The van der Waals surface area contributed by atoms with Gasteiger partial charge in [0.2, 0.25) is 0 Å². The molecular weight excluding hydrogens is 96.1 g/mol. The summed E-state index contributed by atoms with van der Waals surface area (Å²) in [4.78, 5) is 0. The van der Waals surface area contributed by atoms with E-state index in [1.54, 1.807) is 11.1 Å². The Hall–Kier alpha value is -0.260. The van der Waals surface area contributed by atoms with Gasteiger partial charge in [-0.05, 0) is 31.6 Å². The van der Waals surface area contributed by atoms with Crippen LogP contribution >= 0.6 is 0 Å². The van der Waals surface area contributed by atoms with Crippen LogP contribution in [0.3, 0.4) is 0 Å². The molecule has 0 heteroatoms. The second kappa shape index (κ2) is 1.18. The second-order valence-corrected chi connectivity index (χ2v) is 3.30. The molecule has 0 N–H and O–H groups in total. The SMILES string of the molecule is CC1=C2CC(C)C2C1. The molecule has 8 heavy (non-hydrogen) atoms. The molecule has 0 aromatic carbocycles. The van der Waals surface area contributed by atoms with Crippen molar-refractivity contribution in [2.24, 2.45) is 11.8 Å². The smallest absolute Gasteiger partial charge is 0.0135 e. The van der Waals surface area contributed by atoms with E-state index in [4.69, 9.17) is 0 Å². The van der Waals surface area contributed by atoms with Crippen LogP contribution in [0.25, 0.3) is 0 Å². The molecule has 2 atom stereocenters. The number of rotatable bonds is 0. The average Bonchev–Trinajstić information content (AvgIpc) is 1.76. The Balaban J connectivity index is 2.20. The largest absolute Gasteiger partial charge is 0.0732 e. The summed E-state index contributed by atoms with van der Waals surface area (Å²) in [5.41, 5.74) is 3.48. The standard InChI is InChI=1S/C8H12/c1-5-3-8-6(2)4-7(5)8/h5,7H,3-4H2,1-2H3. The normalized spacial score (nSPS) is 42.8. The fraction of sp³-hybridized carbons (Fsp3) is 0.750. The summed E-state index contributed by atoms with van der Waals surface area (Å²) in [5, 5.41) is 0. The van der Waals surface area contributed by atoms with Gasteiger partial charge in [0.05, 0.1) is 0 Å². The molecule has 0 radical (unpaired) electrons. The summed E-state index contributed by atoms with van der Waals surface area (Å²) in [6.07, 6.45) is 2.83. The predicted octanol–water partition coefficient (Wildman–Crippen LogP) is 2.36. The first-order valence-corrected chi connectivity index (χ1v) is 3.47. The van der Waals surface area contributed by atoms with Gasteiger partial charge in [-0.15, -0.1) is 0 Å². The van der Waals surface area contributed by atoms with Crippen LogP contribution in [0.4, 0.5) is 0 Å². The van der Waals surface area contributed by atoms with Crippen molar-refractivity contribution in [3.8, 4) is 0 Å². The highest BCUT2D eigenvalue weighted by Gasteiger charge is 2.39. The molecule has 0 nitrogen and oxygen atoms in total. The van der Waals surface area contributed by atoms with E-state index in [1.807, 2.05) is 0 Å². The minimum atomic E-state index is 1.02. The first-order chi connectivity index (χ1) is 3.79. The van der Waals surface area contributed by atoms with E-state index in [0.29, 0.717) is 0 Å². The molecule has 44 valence electrons. The summed E-state index contributed by atoms with van der Waals surface area (Å²) in [6, 6.07) is 0. The van der Waals surface area contributed by atoms with Crippen molar-refractivity contribution in [2.45, 2.75) is 26.7 Å².